The highest BCUT2D eigenvalue weighted by Gasteiger charge is 2.21. The van der Waals surface area contributed by atoms with E-state index in [0.29, 0.717) is 0 Å². The molecule has 0 fully saturated rings. The molecule has 96 valence electrons. The zero-order chi connectivity index (χ0) is 12.4. The highest BCUT2D eigenvalue weighted by atomic mass is 32.1. The van der Waals surface area contributed by atoms with Gasteiger partial charge in [0.2, 0.25) is 0 Å². The monoisotopic (exact) mass is 253 g/mol. The summed E-state index contributed by atoms with van der Waals surface area (Å²) in [5, 5.41) is 1.22. The van der Waals surface area contributed by atoms with Crippen molar-refractivity contribution in [2.24, 2.45) is 11.7 Å². The van der Waals surface area contributed by atoms with Gasteiger partial charge in [0, 0.05) is 43.4 Å². The molecule has 0 saturated carbocycles. The summed E-state index contributed by atoms with van der Waals surface area (Å²) in [6, 6.07) is 0.217. The molecule has 1 aromatic rings. The van der Waals surface area contributed by atoms with Crippen molar-refractivity contribution in [1.82, 2.24) is 9.88 Å². The fourth-order valence-corrected chi connectivity index (χ4v) is 3.64. The van der Waals surface area contributed by atoms with Gasteiger partial charge in [-0.25, -0.2) is 4.98 Å². The van der Waals surface area contributed by atoms with Crippen molar-refractivity contribution in [2.45, 2.75) is 46.2 Å². The van der Waals surface area contributed by atoms with Crippen LogP contribution < -0.4 is 5.73 Å². The summed E-state index contributed by atoms with van der Waals surface area (Å²) < 4.78 is 0. The summed E-state index contributed by atoms with van der Waals surface area (Å²) in [6.07, 6.45) is 2.03. The zero-order valence-corrected chi connectivity index (χ0v) is 11.9. The number of hydrogen-bond donors (Lipinski definition) is 1. The van der Waals surface area contributed by atoms with Crippen LogP contribution in [0.3, 0.4) is 0 Å². The lowest BCUT2D eigenvalue weighted by Gasteiger charge is -2.27. The Labute approximate surface area is 108 Å². The van der Waals surface area contributed by atoms with Gasteiger partial charge in [-0.3, -0.25) is 4.90 Å². The Bertz CT molecular complexity index is 371. The second-order valence-corrected chi connectivity index (χ2v) is 6.71. The van der Waals surface area contributed by atoms with Crippen molar-refractivity contribution in [3.63, 3.8) is 0 Å². The molecular formula is C13H23N3S. The van der Waals surface area contributed by atoms with Crippen LogP contribution in [0.4, 0.5) is 0 Å². The Kier molecular flexibility index (Phi) is 4.17. The molecule has 1 aliphatic heterocycles. The molecule has 0 aliphatic carbocycles. The molecule has 0 aromatic carbocycles. The van der Waals surface area contributed by atoms with E-state index in [9.17, 15) is 0 Å². The van der Waals surface area contributed by atoms with Crippen molar-refractivity contribution in [3.8, 4) is 0 Å². The maximum absolute atomic E-state index is 5.83. The van der Waals surface area contributed by atoms with Crippen molar-refractivity contribution < 1.29 is 0 Å². The summed E-state index contributed by atoms with van der Waals surface area (Å²) in [7, 11) is 0. The molecule has 3 nitrogen and oxygen atoms in total. The first-order valence-corrected chi connectivity index (χ1v) is 7.31. The van der Waals surface area contributed by atoms with E-state index in [1.165, 1.54) is 22.1 Å². The first-order chi connectivity index (χ1) is 8.04. The van der Waals surface area contributed by atoms with E-state index in [-0.39, 0.29) is 6.04 Å². The standard InChI is InChI=1S/C13H23N3S/c1-9(2)7-16-5-4-11-12(8-16)17-13(15-11)6-10(3)14/h9-10H,4-8,14H2,1-3H3. The third-order valence-electron chi connectivity index (χ3n) is 2.97. The second-order valence-electron chi connectivity index (χ2n) is 5.54. The van der Waals surface area contributed by atoms with Gasteiger partial charge < -0.3 is 5.73 Å². The lowest BCUT2D eigenvalue weighted by Crippen LogP contribution is -2.32. The minimum Gasteiger partial charge on any atom is -0.328 e. The van der Waals surface area contributed by atoms with Crippen LogP contribution in [0.2, 0.25) is 0 Å². The Morgan fingerprint density at radius 2 is 2.18 bits per heavy atom. The van der Waals surface area contributed by atoms with Gasteiger partial charge in [-0.15, -0.1) is 11.3 Å². The van der Waals surface area contributed by atoms with E-state index in [1.54, 1.807) is 0 Å². The molecule has 0 radical (unpaired) electrons. The van der Waals surface area contributed by atoms with Crippen LogP contribution in [0.1, 0.15) is 36.3 Å². The molecule has 17 heavy (non-hydrogen) atoms. The first kappa shape index (κ1) is 13.0. The van der Waals surface area contributed by atoms with Gasteiger partial charge in [-0.1, -0.05) is 13.8 Å². The van der Waals surface area contributed by atoms with Crippen molar-refractivity contribution in [2.75, 3.05) is 13.1 Å². The van der Waals surface area contributed by atoms with Crippen LogP contribution in [0, 0.1) is 5.92 Å². The van der Waals surface area contributed by atoms with Crippen LogP contribution in [-0.4, -0.2) is 29.0 Å². The van der Waals surface area contributed by atoms with E-state index >= 15 is 0 Å². The van der Waals surface area contributed by atoms with Crippen LogP contribution in [0.15, 0.2) is 0 Å². The molecule has 1 atom stereocenters. The highest BCUT2D eigenvalue weighted by Crippen LogP contribution is 2.26. The molecule has 0 amide bonds. The molecule has 0 saturated heterocycles. The summed E-state index contributed by atoms with van der Waals surface area (Å²) in [5.41, 5.74) is 7.16. The van der Waals surface area contributed by atoms with Crippen molar-refractivity contribution >= 4 is 11.3 Å². The molecule has 1 aliphatic rings. The fraction of sp³-hybridized carbons (Fsp3) is 0.769. The Balaban J connectivity index is 2.02. The molecular weight excluding hydrogens is 230 g/mol. The van der Waals surface area contributed by atoms with Crippen molar-refractivity contribution in [3.05, 3.63) is 15.6 Å². The molecule has 1 unspecified atom stereocenters. The smallest absolute Gasteiger partial charge is 0.0946 e. The van der Waals surface area contributed by atoms with Gasteiger partial charge in [-0.2, -0.15) is 0 Å². The molecule has 2 rings (SSSR count). The lowest BCUT2D eigenvalue weighted by atomic mass is 10.1. The van der Waals surface area contributed by atoms with E-state index in [4.69, 9.17) is 10.7 Å². The van der Waals surface area contributed by atoms with E-state index in [2.05, 4.69) is 18.7 Å². The van der Waals surface area contributed by atoms with Gasteiger partial charge in [0.1, 0.15) is 0 Å². The number of fused-ring (bicyclic) bond motifs is 1. The topological polar surface area (TPSA) is 42.2 Å². The van der Waals surface area contributed by atoms with E-state index in [1.807, 2.05) is 18.3 Å². The predicted molar refractivity (Wildman–Crippen MR) is 73.3 cm³/mol. The van der Waals surface area contributed by atoms with Gasteiger partial charge >= 0.3 is 0 Å². The van der Waals surface area contributed by atoms with Gasteiger partial charge in [-0.05, 0) is 12.8 Å². The minimum absolute atomic E-state index is 0.217. The number of hydrogen-bond acceptors (Lipinski definition) is 4. The van der Waals surface area contributed by atoms with Crippen LogP contribution in [0.25, 0.3) is 0 Å². The average molecular weight is 253 g/mol. The Morgan fingerprint density at radius 1 is 1.41 bits per heavy atom. The maximum atomic E-state index is 5.83. The summed E-state index contributed by atoms with van der Waals surface area (Å²) in [5.74, 6) is 0.744. The molecule has 2 N–H and O–H groups in total. The molecule has 0 spiro atoms. The number of aromatic nitrogens is 1. The lowest BCUT2D eigenvalue weighted by molar-refractivity contribution is 0.228. The van der Waals surface area contributed by atoms with Gasteiger partial charge in [0.15, 0.2) is 0 Å². The van der Waals surface area contributed by atoms with E-state index < -0.39 is 0 Å². The van der Waals surface area contributed by atoms with Crippen molar-refractivity contribution in [1.29, 1.82) is 0 Å². The minimum atomic E-state index is 0.217. The summed E-state index contributed by atoms with van der Waals surface area (Å²) in [4.78, 5) is 8.72. The van der Waals surface area contributed by atoms with E-state index in [0.717, 1.165) is 31.8 Å². The summed E-state index contributed by atoms with van der Waals surface area (Å²) in [6.45, 7) is 10.1. The molecule has 4 heteroatoms. The van der Waals surface area contributed by atoms with Gasteiger partial charge in [0.25, 0.3) is 0 Å². The third kappa shape index (κ3) is 3.50. The Hall–Kier alpha value is -0.450. The third-order valence-corrected chi connectivity index (χ3v) is 4.08. The van der Waals surface area contributed by atoms with Gasteiger partial charge in [0.05, 0.1) is 10.7 Å². The summed E-state index contributed by atoms with van der Waals surface area (Å²) >= 11 is 1.86. The SMILES string of the molecule is CC(C)CN1CCc2nc(CC(C)N)sc2C1. The number of nitrogens with zero attached hydrogens (tertiary/aromatic N) is 2. The number of thiazole rings is 1. The maximum Gasteiger partial charge on any atom is 0.0946 e. The average Bonchev–Trinajstić information content (AvgIpc) is 2.56. The largest absolute Gasteiger partial charge is 0.328 e. The quantitative estimate of drug-likeness (QED) is 0.893. The number of rotatable bonds is 4. The number of nitrogens with two attached hydrogens (primary N) is 1. The zero-order valence-electron chi connectivity index (χ0n) is 11.1. The predicted octanol–water partition coefficient (Wildman–Crippen LogP) is 2.05. The highest BCUT2D eigenvalue weighted by molar-refractivity contribution is 7.11. The second kappa shape index (κ2) is 5.46. The van der Waals surface area contributed by atoms with Crippen LogP contribution >= 0.6 is 11.3 Å². The van der Waals surface area contributed by atoms with Crippen LogP contribution in [0.5, 0.6) is 0 Å². The molecule has 0 bridgehead atoms. The first-order valence-electron chi connectivity index (χ1n) is 6.50. The normalized spacial score (nSPS) is 18.4. The Morgan fingerprint density at radius 3 is 2.82 bits per heavy atom. The molecule has 2 heterocycles. The molecule has 1 aromatic heterocycles. The fourth-order valence-electron chi connectivity index (χ4n) is 2.34. The van der Waals surface area contributed by atoms with Crippen LogP contribution in [-0.2, 0) is 19.4 Å².